The molecule has 0 saturated carbocycles. The normalized spacial score (nSPS) is 12.9. The molecule has 0 spiro atoms. The van der Waals surface area contributed by atoms with Gasteiger partial charge < -0.3 is 20.5 Å². The zero-order valence-electron chi connectivity index (χ0n) is 25.4. The van der Waals surface area contributed by atoms with Crippen molar-refractivity contribution >= 4 is 17.5 Å². The van der Waals surface area contributed by atoms with Crippen LogP contribution in [0, 0.1) is 11.6 Å². The van der Waals surface area contributed by atoms with Gasteiger partial charge in [0.05, 0.1) is 49.4 Å². The molecule has 2 heterocycles. The topological polar surface area (TPSA) is 125 Å². The lowest BCUT2D eigenvalue weighted by molar-refractivity contribution is 0.101. The van der Waals surface area contributed by atoms with Gasteiger partial charge in [-0.15, -0.1) is 0 Å². The van der Waals surface area contributed by atoms with E-state index in [1.54, 1.807) is 20.4 Å². The van der Waals surface area contributed by atoms with Crippen molar-refractivity contribution in [1.29, 1.82) is 0 Å². The third-order valence-electron chi connectivity index (χ3n) is 7.99. The van der Waals surface area contributed by atoms with E-state index in [1.165, 1.54) is 17.8 Å². The monoisotopic (exact) mass is 622 g/mol. The first-order valence-electron chi connectivity index (χ1n) is 14.9. The number of aromatic nitrogens is 4. The highest BCUT2D eigenvalue weighted by atomic mass is 19.1. The van der Waals surface area contributed by atoms with E-state index in [2.05, 4.69) is 37.4 Å². The summed E-state index contributed by atoms with van der Waals surface area (Å²) in [5.41, 5.74) is 13.0. The van der Waals surface area contributed by atoms with Crippen molar-refractivity contribution < 1.29 is 23.0 Å². The number of aryl methyl sites for hydroxylation is 4. The molecule has 2 aliphatic rings. The Bertz CT molecular complexity index is 1910. The van der Waals surface area contributed by atoms with Crippen molar-refractivity contribution in [2.75, 3.05) is 25.3 Å². The number of hydrogen-bond donors (Lipinski definition) is 2. The SMILES string of the molecule is COc1ccc2c(c1)CCCc1nc(N)cnc1-2.COc1ccc2c(c1)CCCc1nc(NC(=O)c3c(F)cccc3F)cnc1-2. The summed E-state index contributed by atoms with van der Waals surface area (Å²) in [5.74, 6) is -0.435. The highest BCUT2D eigenvalue weighted by Gasteiger charge is 2.21. The van der Waals surface area contributed by atoms with Crippen molar-refractivity contribution in [3.63, 3.8) is 0 Å². The Morgan fingerprint density at radius 1 is 0.761 bits per heavy atom. The number of nitrogens with two attached hydrogens (primary N) is 1. The number of amides is 1. The van der Waals surface area contributed by atoms with Crippen molar-refractivity contribution in [2.24, 2.45) is 0 Å². The van der Waals surface area contributed by atoms with Crippen molar-refractivity contribution in [3.05, 3.63) is 107 Å². The molecule has 3 N–H and O–H groups in total. The first kappa shape index (κ1) is 30.6. The maximum atomic E-state index is 13.8. The molecule has 0 bridgehead atoms. The third-order valence-corrected chi connectivity index (χ3v) is 7.99. The van der Waals surface area contributed by atoms with Gasteiger partial charge in [-0.05, 0) is 98.2 Å². The molecule has 0 fully saturated rings. The highest BCUT2D eigenvalue weighted by Crippen LogP contribution is 2.34. The van der Waals surface area contributed by atoms with Gasteiger partial charge in [-0.1, -0.05) is 6.07 Å². The van der Waals surface area contributed by atoms with Crippen LogP contribution in [0.4, 0.5) is 20.4 Å². The molecule has 0 saturated heterocycles. The number of hydrogen-bond acceptors (Lipinski definition) is 8. The van der Waals surface area contributed by atoms with E-state index >= 15 is 0 Å². The van der Waals surface area contributed by atoms with Crippen LogP contribution >= 0.6 is 0 Å². The first-order chi connectivity index (χ1) is 22.3. The average molecular weight is 623 g/mol. The van der Waals surface area contributed by atoms with E-state index in [0.717, 1.165) is 95.2 Å². The van der Waals surface area contributed by atoms with Gasteiger partial charge in [0.15, 0.2) is 5.82 Å². The van der Waals surface area contributed by atoms with Gasteiger partial charge in [-0.25, -0.2) is 18.7 Å². The predicted octanol–water partition coefficient (Wildman–Crippen LogP) is 6.39. The molecule has 0 unspecified atom stereocenters. The Kier molecular flexibility index (Phi) is 8.82. The third kappa shape index (κ3) is 6.35. The first-order valence-corrected chi connectivity index (χ1v) is 14.9. The lowest BCUT2D eigenvalue weighted by atomic mass is 10.0. The van der Waals surface area contributed by atoms with Crippen molar-refractivity contribution in [1.82, 2.24) is 19.9 Å². The van der Waals surface area contributed by atoms with E-state index in [1.807, 2.05) is 24.3 Å². The second-order valence-electron chi connectivity index (χ2n) is 10.9. The second kappa shape index (κ2) is 13.3. The standard InChI is InChI=1S/C21H17F2N3O2.C14H15N3O/c1-28-13-8-9-14-12(10-13)4-2-7-17-20(14)24-11-18(25-17)26-21(27)19-15(22)5-3-6-16(19)23;1-18-10-5-6-11-9(7-10)3-2-4-12-14(11)16-8-13(15)17-12/h3,5-6,8-11H,2,4,7H2,1H3,(H,25,26,27);5-8H,2-4H2,1H3,(H2,15,17). The summed E-state index contributed by atoms with van der Waals surface area (Å²) in [5, 5.41) is 2.44. The molecule has 3 aromatic carbocycles. The van der Waals surface area contributed by atoms with E-state index in [-0.39, 0.29) is 5.82 Å². The fourth-order valence-corrected chi connectivity index (χ4v) is 5.79. The summed E-state index contributed by atoms with van der Waals surface area (Å²) in [6, 6.07) is 15.2. The van der Waals surface area contributed by atoms with Gasteiger partial charge in [-0.3, -0.25) is 14.8 Å². The predicted molar refractivity (Wildman–Crippen MR) is 171 cm³/mol. The second-order valence-corrected chi connectivity index (χ2v) is 10.9. The molecule has 0 atom stereocenters. The van der Waals surface area contributed by atoms with Crippen LogP contribution in [-0.2, 0) is 25.7 Å². The average Bonchev–Trinajstić information content (AvgIpc) is 3.35. The molecule has 2 aliphatic carbocycles. The minimum atomic E-state index is -0.928. The molecular weight excluding hydrogens is 590 g/mol. The molecule has 2 aromatic heterocycles. The number of carbonyl (C=O) groups is 1. The zero-order valence-corrected chi connectivity index (χ0v) is 25.4. The van der Waals surface area contributed by atoms with E-state index in [9.17, 15) is 13.6 Å². The molecule has 0 aliphatic heterocycles. The molecule has 9 nitrogen and oxygen atoms in total. The van der Waals surface area contributed by atoms with Gasteiger partial charge in [-0.2, -0.15) is 0 Å². The fourth-order valence-electron chi connectivity index (χ4n) is 5.79. The molecular formula is C35H32F2N6O3. The van der Waals surface area contributed by atoms with Crippen LogP contribution in [0.2, 0.25) is 0 Å². The molecule has 234 valence electrons. The van der Waals surface area contributed by atoms with E-state index < -0.39 is 23.1 Å². The number of nitrogens with one attached hydrogen (secondary N) is 1. The minimum absolute atomic E-state index is 0.156. The summed E-state index contributed by atoms with van der Waals surface area (Å²) in [4.78, 5) is 30.1. The summed E-state index contributed by atoms with van der Waals surface area (Å²) in [6.45, 7) is 0. The zero-order chi connectivity index (χ0) is 32.2. The molecule has 5 aromatic rings. The largest absolute Gasteiger partial charge is 0.497 e. The molecule has 7 rings (SSSR count). The number of rotatable bonds is 4. The van der Waals surface area contributed by atoms with Crippen LogP contribution in [0.3, 0.4) is 0 Å². The lowest BCUT2D eigenvalue weighted by Gasteiger charge is -2.11. The number of ether oxygens (including phenoxy) is 2. The Labute approximate surface area is 264 Å². The molecule has 1 amide bonds. The minimum Gasteiger partial charge on any atom is -0.497 e. The Balaban J connectivity index is 0.000000178. The number of carbonyl (C=O) groups excluding carboxylic acids is 1. The summed E-state index contributed by atoms with van der Waals surface area (Å²) < 4.78 is 38.2. The smallest absolute Gasteiger partial charge is 0.262 e. The Hall–Kier alpha value is -5.45. The fraction of sp³-hybridized carbons (Fsp3) is 0.229. The number of halogens is 2. The van der Waals surface area contributed by atoms with Gasteiger partial charge in [0.2, 0.25) is 0 Å². The van der Waals surface area contributed by atoms with Crippen molar-refractivity contribution in [2.45, 2.75) is 38.5 Å². The Morgan fingerprint density at radius 3 is 1.87 bits per heavy atom. The van der Waals surface area contributed by atoms with Gasteiger partial charge in [0, 0.05) is 11.1 Å². The van der Waals surface area contributed by atoms with Gasteiger partial charge in [0.25, 0.3) is 5.91 Å². The highest BCUT2D eigenvalue weighted by molar-refractivity contribution is 6.04. The Morgan fingerprint density at radius 2 is 1.30 bits per heavy atom. The number of benzene rings is 3. The number of nitrogens with zero attached hydrogens (tertiary/aromatic N) is 4. The number of anilines is 2. The summed E-state index contributed by atoms with van der Waals surface area (Å²) in [6.07, 6.45) is 8.41. The van der Waals surface area contributed by atoms with E-state index in [4.69, 9.17) is 15.2 Å². The van der Waals surface area contributed by atoms with Crippen LogP contribution in [0.15, 0.2) is 67.0 Å². The number of fused-ring (bicyclic) bond motifs is 6. The quantitative estimate of drug-likeness (QED) is 0.236. The molecule has 11 heteroatoms. The van der Waals surface area contributed by atoms with Crippen LogP contribution in [0.25, 0.3) is 22.5 Å². The van der Waals surface area contributed by atoms with Gasteiger partial charge >= 0.3 is 0 Å². The number of methoxy groups -OCH3 is 2. The lowest BCUT2D eigenvalue weighted by Crippen LogP contribution is -2.17. The molecule has 0 radical (unpaired) electrons. The molecule has 46 heavy (non-hydrogen) atoms. The van der Waals surface area contributed by atoms with Crippen LogP contribution in [-0.4, -0.2) is 40.1 Å². The maximum Gasteiger partial charge on any atom is 0.262 e. The van der Waals surface area contributed by atoms with Gasteiger partial charge in [0.1, 0.15) is 34.5 Å². The number of nitrogen functional groups attached to an aromatic ring is 1. The van der Waals surface area contributed by atoms with Crippen LogP contribution in [0.1, 0.15) is 45.7 Å². The van der Waals surface area contributed by atoms with Crippen molar-refractivity contribution in [3.8, 4) is 34.0 Å². The summed E-state index contributed by atoms with van der Waals surface area (Å²) >= 11 is 0. The van der Waals surface area contributed by atoms with Crippen LogP contribution in [0.5, 0.6) is 11.5 Å². The van der Waals surface area contributed by atoms with Crippen LogP contribution < -0.4 is 20.5 Å². The summed E-state index contributed by atoms with van der Waals surface area (Å²) in [7, 11) is 3.31. The maximum absolute atomic E-state index is 13.8. The van der Waals surface area contributed by atoms with E-state index in [0.29, 0.717) is 12.2 Å².